The first-order valence-electron chi connectivity index (χ1n) is 5.95. The fourth-order valence-corrected chi connectivity index (χ4v) is 2.26. The average Bonchev–Trinajstić information content (AvgIpc) is 2.29. The van der Waals surface area contributed by atoms with Crippen LogP contribution in [0.25, 0.3) is 0 Å². The van der Waals surface area contributed by atoms with Crippen LogP contribution in [0.5, 0.6) is 0 Å². The molecule has 2 atom stereocenters. The van der Waals surface area contributed by atoms with Gasteiger partial charge in [-0.1, -0.05) is 11.6 Å². The first-order chi connectivity index (χ1) is 8.15. The maximum absolute atomic E-state index is 12.0. The summed E-state index contributed by atoms with van der Waals surface area (Å²) < 4.78 is 0. The molecule has 1 fully saturated rings. The van der Waals surface area contributed by atoms with Gasteiger partial charge in [0.25, 0.3) is 5.91 Å². The van der Waals surface area contributed by atoms with Gasteiger partial charge in [0.1, 0.15) is 0 Å². The Balaban J connectivity index is 1.94. The summed E-state index contributed by atoms with van der Waals surface area (Å²) in [7, 11) is 0. The number of benzene rings is 1. The van der Waals surface area contributed by atoms with Crippen molar-refractivity contribution in [3.8, 4) is 0 Å². The molecule has 0 aromatic heterocycles. The minimum absolute atomic E-state index is 0.0132. The summed E-state index contributed by atoms with van der Waals surface area (Å²) in [6, 6.07) is 7.72. The molecule has 0 saturated carbocycles. The Morgan fingerprint density at radius 2 is 2.12 bits per heavy atom. The van der Waals surface area contributed by atoms with E-state index in [1.807, 2.05) is 0 Å². The van der Waals surface area contributed by atoms with Crippen molar-refractivity contribution < 1.29 is 4.79 Å². The summed E-state index contributed by atoms with van der Waals surface area (Å²) in [5, 5.41) is 7.08. The fourth-order valence-electron chi connectivity index (χ4n) is 2.13. The molecule has 2 rings (SSSR count). The molecule has 0 bridgehead atoms. The van der Waals surface area contributed by atoms with Crippen LogP contribution in [-0.4, -0.2) is 24.5 Å². The van der Waals surface area contributed by atoms with E-state index in [9.17, 15) is 4.79 Å². The quantitative estimate of drug-likeness (QED) is 0.847. The van der Waals surface area contributed by atoms with Gasteiger partial charge in [0.2, 0.25) is 0 Å². The summed E-state index contributed by atoms with van der Waals surface area (Å²) in [5.74, 6) is -0.0132. The Morgan fingerprint density at radius 3 is 2.76 bits per heavy atom. The van der Waals surface area contributed by atoms with Gasteiger partial charge in [-0.25, -0.2) is 0 Å². The highest BCUT2D eigenvalue weighted by Crippen LogP contribution is 2.12. The first-order valence-corrected chi connectivity index (χ1v) is 6.33. The molecular weight excluding hydrogens is 236 g/mol. The third kappa shape index (κ3) is 3.45. The second-order valence-corrected chi connectivity index (χ2v) is 4.99. The highest BCUT2D eigenvalue weighted by molar-refractivity contribution is 6.30. The molecule has 1 heterocycles. The van der Waals surface area contributed by atoms with Crippen molar-refractivity contribution in [2.75, 3.05) is 6.54 Å². The lowest BCUT2D eigenvalue weighted by atomic mass is 10.0. The highest BCUT2D eigenvalue weighted by Gasteiger charge is 2.20. The molecule has 1 aliphatic heterocycles. The Bertz CT molecular complexity index is 391. The molecule has 1 saturated heterocycles. The lowest BCUT2D eigenvalue weighted by molar-refractivity contribution is 0.0925. The molecule has 0 radical (unpaired) electrons. The molecular formula is C13H17ClN2O. The van der Waals surface area contributed by atoms with E-state index in [0.717, 1.165) is 19.4 Å². The minimum atomic E-state index is -0.0132. The van der Waals surface area contributed by atoms with Gasteiger partial charge in [-0.3, -0.25) is 4.79 Å². The van der Waals surface area contributed by atoms with Crippen LogP contribution in [0.4, 0.5) is 0 Å². The van der Waals surface area contributed by atoms with Crippen molar-refractivity contribution in [1.29, 1.82) is 0 Å². The number of hydrogen-bond acceptors (Lipinski definition) is 2. The predicted molar refractivity (Wildman–Crippen MR) is 69.4 cm³/mol. The van der Waals surface area contributed by atoms with Gasteiger partial charge in [0, 0.05) is 22.7 Å². The van der Waals surface area contributed by atoms with Gasteiger partial charge in [-0.05, 0) is 50.6 Å². The van der Waals surface area contributed by atoms with Crippen LogP contribution < -0.4 is 10.6 Å². The molecule has 2 N–H and O–H groups in total. The van der Waals surface area contributed by atoms with Gasteiger partial charge < -0.3 is 10.6 Å². The predicted octanol–water partition coefficient (Wildman–Crippen LogP) is 2.21. The van der Waals surface area contributed by atoms with E-state index in [0.29, 0.717) is 16.6 Å². The zero-order valence-electron chi connectivity index (χ0n) is 9.87. The van der Waals surface area contributed by atoms with E-state index in [1.54, 1.807) is 24.3 Å². The Kier molecular flexibility index (Phi) is 4.02. The molecule has 3 nitrogen and oxygen atoms in total. The van der Waals surface area contributed by atoms with E-state index < -0.39 is 0 Å². The van der Waals surface area contributed by atoms with Gasteiger partial charge in [-0.15, -0.1) is 0 Å². The van der Waals surface area contributed by atoms with E-state index in [4.69, 9.17) is 11.6 Å². The van der Waals surface area contributed by atoms with E-state index >= 15 is 0 Å². The lowest BCUT2D eigenvalue weighted by Gasteiger charge is -2.28. The lowest BCUT2D eigenvalue weighted by Crippen LogP contribution is -2.46. The third-order valence-electron chi connectivity index (χ3n) is 3.07. The van der Waals surface area contributed by atoms with Gasteiger partial charge >= 0.3 is 0 Å². The maximum Gasteiger partial charge on any atom is 0.251 e. The largest absolute Gasteiger partial charge is 0.349 e. The number of amides is 1. The van der Waals surface area contributed by atoms with Gasteiger partial charge in [0.05, 0.1) is 0 Å². The van der Waals surface area contributed by atoms with E-state index in [2.05, 4.69) is 17.6 Å². The molecule has 2 unspecified atom stereocenters. The maximum atomic E-state index is 12.0. The standard InChI is InChI=1S/C13H17ClN2O/c1-9-8-12(6-7-15-9)16-13(17)10-2-4-11(14)5-3-10/h2-5,9,12,15H,6-8H2,1H3,(H,16,17). The number of nitrogens with one attached hydrogen (secondary N) is 2. The van der Waals surface area contributed by atoms with E-state index in [-0.39, 0.29) is 11.9 Å². The zero-order valence-corrected chi connectivity index (χ0v) is 10.6. The summed E-state index contributed by atoms with van der Waals surface area (Å²) >= 11 is 5.79. The van der Waals surface area contributed by atoms with Crippen molar-refractivity contribution in [2.24, 2.45) is 0 Å². The zero-order chi connectivity index (χ0) is 12.3. The number of piperidine rings is 1. The van der Waals surface area contributed by atoms with Crippen LogP contribution in [0.15, 0.2) is 24.3 Å². The molecule has 92 valence electrons. The van der Waals surface area contributed by atoms with Gasteiger partial charge in [0.15, 0.2) is 0 Å². The average molecular weight is 253 g/mol. The van der Waals surface area contributed by atoms with Crippen LogP contribution in [0.3, 0.4) is 0 Å². The van der Waals surface area contributed by atoms with Crippen LogP contribution in [0, 0.1) is 0 Å². The molecule has 1 aromatic rings. The Hall–Kier alpha value is -1.06. The number of rotatable bonds is 2. The van der Waals surface area contributed by atoms with Crippen LogP contribution in [-0.2, 0) is 0 Å². The molecule has 17 heavy (non-hydrogen) atoms. The normalized spacial score (nSPS) is 24.4. The van der Waals surface area contributed by atoms with Crippen molar-refractivity contribution in [3.63, 3.8) is 0 Å². The molecule has 4 heteroatoms. The third-order valence-corrected chi connectivity index (χ3v) is 3.32. The summed E-state index contributed by atoms with van der Waals surface area (Å²) in [4.78, 5) is 12.0. The minimum Gasteiger partial charge on any atom is -0.349 e. The van der Waals surface area contributed by atoms with Crippen molar-refractivity contribution in [3.05, 3.63) is 34.9 Å². The number of carbonyl (C=O) groups is 1. The SMILES string of the molecule is CC1CC(NC(=O)c2ccc(Cl)cc2)CCN1. The van der Waals surface area contributed by atoms with Crippen LogP contribution in [0.2, 0.25) is 5.02 Å². The number of hydrogen-bond donors (Lipinski definition) is 2. The summed E-state index contributed by atoms with van der Waals surface area (Å²) in [6.45, 7) is 3.10. The Morgan fingerprint density at radius 1 is 1.41 bits per heavy atom. The topological polar surface area (TPSA) is 41.1 Å². The molecule has 1 amide bonds. The monoisotopic (exact) mass is 252 g/mol. The molecule has 1 aromatic carbocycles. The number of halogens is 1. The fraction of sp³-hybridized carbons (Fsp3) is 0.462. The van der Waals surface area contributed by atoms with Crippen molar-refractivity contribution >= 4 is 17.5 Å². The van der Waals surface area contributed by atoms with Crippen molar-refractivity contribution in [1.82, 2.24) is 10.6 Å². The van der Waals surface area contributed by atoms with Crippen molar-refractivity contribution in [2.45, 2.75) is 31.8 Å². The second kappa shape index (κ2) is 5.52. The second-order valence-electron chi connectivity index (χ2n) is 4.56. The summed E-state index contributed by atoms with van der Waals surface area (Å²) in [6.07, 6.45) is 1.98. The van der Waals surface area contributed by atoms with E-state index in [1.165, 1.54) is 0 Å². The smallest absolute Gasteiger partial charge is 0.251 e. The van der Waals surface area contributed by atoms with Crippen LogP contribution >= 0.6 is 11.6 Å². The van der Waals surface area contributed by atoms with Crippen LogP contribution in [0.1, 0.15) is 30.1 Å². The Labute approximate surface area is 107 Å². The molecule has 0 spiro atoms. The summed E-state index contributed by atoms with van der Waals surface area (Å²) in [5.41, 5.74) is 0.667. The highest BCUT2D eigenvalue weighted by atomic mass is 35.5. The molecule has 1 aliphatic rings. The number of carbonyl (C=O) groups excluding carboxylic acids is 1. The van der Waals surface area contributed by atoms with Gasteiger partial charge in [-0.2, -0.15) is 0 Å². The molecule has 0 aliphatic carbocycles. The first kappa shape index (κ1) is 12.4.